The van der Waals surface area contributed by atoms with Crippen molar-refractivity contribution in [2.75, 3.05) is 26.2 Å². The average Bonchev–Trinajstić information content (AvgIpc) is 2.71. The number of likely N-dealkylation sites (N-methyl/N-ethyl adjacent to an activating group) is 1. The van der Waals surface area contributed by atoms with Crippen LogP contribution >= 0.6 is 0 Å². The van der Waals surface area contributed by atoms with E-state index < -0.39 is 0 Å². The van der Waals surface area contributed by atoms with Crippen molar-refractivity contribution < 1.29 is 9.53 Å². The largest absolute Gasteiger partial charge is 0.492 e. The molecule has 2 aromatic rings. The van der Waals surface area contributed by atoms with E-state index in [1.54, 1.807) is 0 Å². The van der Waals surface area contributed by atoms with Crippen molar-refractivity contribution in [1.29, 1.82) is 0 Å². The van der Waals surface area contributed by atoms with Gasteiger partial charge in [-0.05, 0) is 68.8 Å². The summed E-state index contributed by atoms with van der Waals surface area (Å²) in [6.07, 6.45) is 0. The van der Waals surface area contributed by atoms with Gasteiger partial charge in [0.25, 0.3) is 0 Å². The van der Waals surface area contributed by atoms with Gasteiger partial charge in [0.15, 0.2) is 5.78 Å². The van der Waals surface area contributed by atoms with Crippen molar-refractivity contribution in [2.24, 2.45) is 0 Å². The molecule has 0 spiro atoms. The summed E-state index contributed by atoms with van der Waals surface area (Å²) in [5.74, 6) is 0.952. The third-order valence-electron chi connectivity index (χ3n) is 6.67. The number of benzene rings is 2. The maximum atomic E-state index is 13.5. The van der Waals surface area contributed by atoms with E-state index in [1.807, 2.05) is 12.1 Å². The Kier molecular flexibility index (Phi) is 6.52. The molecule has 0 saturated carbocycles. The lowest BCUT2D eigenvalue weighted by Crippen LogP contribution is -2.30. The molecular weight excluding hydrogens is 370 g/mol. The normalized spacial score (nSPS) is 15.5. The van der Waals surface area contributed by atoms with E-state index in [9.17, 15) is 4.79 Å². The van der Waals surface area contributed by atoms with Gasteiger partial charge in [0.05, 0.1) is 0 Å². The van der Waals surface area contributed by atoms with E-state index in [4.69, 9.17) is 4.74 Å². The first-order valence-electron chi connectivity index (χ1n) is 11.0. The summed E-state index contributed by atoms with van der Waals surface area (Å²) in [6.45, 7) is 18.6. The summed E-state index contributed by atoms with van der Waals surface area (Å²) in [7, 11) is 0. The van der Waals surface area contributed by atoms with Crippen LogP contribution in [0.3, 0.4) is 0 Å². The first-order chi connectivity index (χ1) is 14.2. The van der Waals surface area contributed by atoms with Crippen LogP contribution < -0.4 is 4.74 Å². The first-order valence-corrected chi connectivity index (χ1v) is 11.0. The Balaban J connectivity index is 1.95. The summed E-state index contributed by atoms with van der Waals surface area (Å²) in [5.41, 5.74) is 6.97. The van der Waals surface area contributed by atoms with Crippen LogP contribution in [0.5, 0.6) is 5.75 Å². The molecule has 2 aromatic carbocycles. The molecule has 0 fully saturated rings. The Bertz CT molecular complexity index is 980. The molecule has 0 aliphatic heterocycles. The van der Waals surface area contributed by atoms with Crippen molar-refractivity contribution in [3.63, 3.8) is 0 Å². The van der Waals surface area contributed by atoms with Gasteiger partial charge < -0.3 is 9.64 Å². The molecule has 0 heterocycles. The smallest absolute Gasteiger partial charge is 0.193 e. The second-order valence-corrected chi connectivity index (χ2v) is 8.86. The molecular formula is C27H35NO2. The van der Waals surface area contributed by atoms with Crippen molar-refractivity contribution >= 4 is 11.4 Å². The van der Waals surface area contributed by atoms with Gasteiger partial charge in [-0.1, -0.05) is 57.0 Å². The summed E-state index contributed by atoms with van der Waals surface area (Å²) in [6, 6.07) is 12.3. The maximum absolute atomic E-state index is 13.5. The molecule has 1 aliphatic rings. The fraction of sp³-hybridized carbons (Fsp3) is 0.444. The standard InChI is InChI=1S/C27H35NO2/c1-8-28(9-2)14-15-30-21-11-13-23-24(17-21)27(6,7)20(5)25(26(23)29)22-12-10-18(3)16-19(22)4/h10-13,16-17H,8-9,14-15H2,1-7H3. The van der Waals surface area contributed by atoms with Crippen molar-refractivity contribution in [1.82, 2.24) is 4.90 Å². The number of carbonyl (C=O) groups is 1. The number of aryl methyl sites for hydroxylation is 2. The van der Waals surface area contributed by atoms with Crippen LogP contribution in [0.25, 0.3) is 5.57 Å². The van der Waals surface area contributed by atoms with E-state index in [-0.39, 0.29) is 11.2 Å². The highest BCUT2D eigenvalue weighted by atomic mass is 16.5. The van der Waals surface area contributed by atoms with E-state index in [0.717, 1.165) is 58.8 Å². The summed E-state index contributed by atoms with van der Waals surface area (Å²) < 4.78 is 6.04. The minimum atomic E-state index is -0.242. The van der Waals surface area contributed by atoms with Gasteiger partial charge in [0, 0.05) is 23.1 Å². The zero-order valence-electron chi connectivity index (χ0n) is 19.6. The Morgan fingerprint density at radius 2 is 1.60 bits per heavy atom. The van der Waals surface area contributed by atoms with Gasteiger partial charge in [-0.3, -0.25) is 4.79 Å². The average molecular weight is 406 g/mol. The minimum absolute atomic E-state index is 0.114. The lowest BCUT2D eigenvalue weighted by Gasteiger charge is -2.36. The van der Waals surface area contributed by atoms with Gasteiger partial charge in [0.2, 0.25) is 0 Å². The molecule has 0 radical (unpaired) electrons. The highest BCUT2D eigenvalue weighted by Crippen LogP contribution is 2.45. The van der Waals surface area contributed by atoms with Crippen molar-refractivity contribution in [3.05, 3.63) is 69.8 Å². The Morgan fingerprint density at radius 3 is 2.23 bits per heavy atom. The van der Waals surface area contributed by atoms with Crippen LogP contribution in [0.1, 0.15) is 67.2 Å². The van der Waals surface area contributed by atoms with Gasteiger partial charge in [-0.15, -0.1) is 0 Å². The van der Waals surface area contributed by atoms with E-state index in [0.29, 0.717) is 6.61 Å². The highest BCUT2D eigenvalue weighted by molar-refractivity contribution is 6.32. The Morgan fingerprint density at radius 1 is 0.933 bits per heavy atom. The van der Waals surface area contributed by atoms with E-state index >= 15 is 0 Å². The second kappa shape index (κ2) is 8.77. The third-order valence-corrected chi connectivity index (χ3v) is 6.67. The van der Waals surface area contributed by atoms with Gasteiger partial charge in [-0.2, -0.15) is 0 Å². The number of hydrogen-bond donors (Lipinski definition) is 0. The van der Waals surface area contributed by atoms with Crippen molar-refractivity contribution in [3.8, 4) is 5.75 Å². The van der Waals surface area contributed by atoms with Crippen molar-refractivity contribution in [2.45, 2.75) is 53.9 Å². The molecule has 3 nitrogen and oxygen atoms in total. The molecule has 0 bridgehead atoms. The zero-order valence-corrected chi connectivity index (χ0v) is 19.6. The number of ketones is 1. The van der Waals surface area contributed by atoms with E-state index in [1.165, 1.54) is 5.56 Å². The van der Waals surface area contributed by atoms with E-state index in [2.05, 4.69) is 77.6 Å². The second-order valence-electron chi connectivity index (χ2n) is 8.86. The molecule has 0 atom stereocenters. The number of rotatable bonds is 7. The molecule has 3 rings (SSSR count). The fourth-order valence-electron chi connectivity index (χ4n) is 4.40. The number of carbonyl (C=O) groups excluding carboxylic acids is 1. The fourth-order valence-corrected chi connectivity index (χ4v) is 4.40. The number of nitrogens with zero attached hydrogens (tertiary/aromatic N) is 1. The Labute approximate surface area is 181 Å². The quantitative estimate of drug-likeness (QED) is 0.568. The number of ether oxygens (including phenoxy) is 1. The summed E-state index contributed by atoms with van der Waals surface area (Å²) >= 11 is 0. The molecule has 0 saturated heterocycles. The molecule has 160 valence electrons. The maximum Gasteiger partial charge on any atom is 0.193 e. The highest BCUT2D eigenvalue weighted by Gasteiger charge is 2.37. The Hall–Kier alpha value is -2.39. The van der Waals surface area contributed by atoms with Crippen LogP contribution in [-0.4, -0.2) is 36.9 Å². The number of fused-ring (bicyclic) bond motifs is 1. The predicted molar refractivity (Wildman–Crippen MR) is 126 cm³/mol. The molecule has 0 aromatic heterocycles. The van der Waals surface area contributed by atoms with Gasteiger partial charge in [-0.25, -0.2) is 0 Å². The molecule has 0 N–H and O–H groups in total. The molecule has 0 unspecified atom stereocenters. The molecule has 3 heteroatoms. The molecule has 0 amide bonds. The third kappa shape index (κ3) is 4.09. The monoisotopic (exact) mass is 405 g/mol. The topological polar surface area (TPSA) is 29.5 Å². The lowest BCUT2D eigenvalue weighted by atomic mass is 9.67. The number of Topliss-reactive ketones (excluding diaryl/α,β-unsaturated/α-hetero) is 1. The SMILES string of the molecule is CCN(CC)CCOc1ccc2c(c1)C(C)(C)C(C)=C(c1ccc(C)cc1C)C2=O. The summed E-state index contributed by atoms with van der Waals surface area (Å²) in [5, 5.41) is 0. The number of hydrogen-bond acceptors (Lipinski definition) is 3. The molecule has 30 heavy (non-hydrogen) atoms. The molecule has 1 aliphatic carbocycles. The first kappa shape index (κ1) is 22.3. The summed E-state index contributed by atoms with van der Waals surface area (Å²) in [4.78, 5) is 15.9. The van der Waals surface area contributed by atoms with Gasteiger partial charge in [0.1, 0.15) is 12.4 Å². The number of allylic oxidation sites excluding steroid dienone is 2. The predicted octanol–water partition coefficient (Wildman–Crippen LogP) is 5.97. The van der Waals surface area contributed by atoms with Crippen LogP contribution in [0.2, 0.25) is 0 Å². The minimum Gasteiger partial charge on any atom is -0.492 e. The lowest BCUT2D eigenvalue weighted by molar-refractivity contribution is 0.105. The van der Waals surface area contributed by atoms with Gasteiger partial charge >= 0.3 is 0 Å². The van der Waals surface area contributed by atoms with Crippen LogP contribution in [0, 0.1) is 13.8 Å². The van der Waals surface area contributed by atoms with Crippen LogP contribution in [0.4, 0.5) is 0 Å². The van der Waals surface area contributed by atoms with Crippen LogP contribution in [-0.2, 0) is 5.41 Å². The van der Waals surface area contributed by atoms with Crippen LogP contribution in [0.15, 0.2) is 42.0 Å². The zero-order chi connectivity index (χ0) is 22.1.